The van der Waals surface area contributed by atoms with Gasteiger partial charge in [-0.05, 0) is 61.1 Å². The zero-order valence-corrected chi connectivity index (χ0v) is 15.6. The number of nitrogens with zero attached hydrogens (tertiary/aromatic N) is 3. The lowest BCUT2D eigenvalue weighted by molar-refractivity contribution is 0.340. The number of aromatic amines is 1. The molecule has 0 aliphatic heterocycles. The van der Waals surface area contributed by atoms with E-state index in [1.165, 1.54) is 0 Å². The van der Waals surface area contributed by atoms with E-state index in [0.29, 0.717) is 27.2 Å². The lowest BCUT2D eigenvalue weighted by atomic mass is 10.2. The van der Waals surface area contributed by atoms with Gasteiger partial charge in [-0.1, -0.05) is 29.3 Å². The van der Waals surface area contributed by atoms with Crippen LogP contribution in [0.2, 0.25) is 10.0 Å². The molecule has 128 valence electrons. The van der Waals surface area contributed by atoms with Crippen molar-refractivity contribution in [3.8, 4) is 17.1 Å². The average molecular weight is 393 g/mol. The van der Waals surface area contributed by atoms with E-state index in [0.717, 1.165) is 16.9 Å². The zero-order valence-electron chi connectivity index (χ0n) is 13.2. The average Bonchev–Trinajstić information content (AvgIpc) is 2.98. The lowest BCUT2D eigenvalue weighted by Crippen LogP contribution is -1.96. The molecule has 0 amide bonds. The van der Waals surface area contributed by atoms with Gasteiger partial charge in [0.15, 0.2) is 5.82 Å². The second-order valence-corrected chi connectivity index (χ2v) is 6.24. The molecular weight excluding hydrogens is 379 g/mol. The van der Waals surface area contributed by atoms with Crippen molar-refractivity contribution in [1.82, 2.24) is 14.9 Å². The fraction of sp³-hybridized carbons (Fsp3) is 0.118. The summed E-state index contributed by atoms with van der Waals surface area (Å²) in [5.41, 5.74) is 1.66. The molecule has 0 unspecified atom stereocenters. The fourth-order valence-electron chi connectivity index (χ4n) is 2.17. The molecule has 1 N–H and O–H groups in total. The minimum absolute atomic E-state index is 0.389. The van der Waals surface area contributed by atoms with Crippen molar-refractivity contribution >= 4 is 41.6 Å². The summed E-state index contributed by atoms with van der Waals surface area (Å²) in [4.78, 5) is 0. The normalized spacial score (nSPS) is 11.2. The maximum absolute atomic E-state index is 6.02. The first-order chi connectivity index (χ1) is 12.1. The Morgan fingerprint density at radius 2 is 1.96 bits per heavy atom. The molecule has 5 nitrogen and oxygen atoms in total. The summed E-state index contributed by atoms with van der Waals surface area (Å²) in [5.74, 6) is 1.40. The van der Waals surface area contributed by atoms with Crippen LogP contribution in [0.4, 0.5) is 0 Å². The quantitative estimate of drug-likeness (QED) is 0.479. The van der Waals surface area contributed by atoms with E-state index in [4.69, 9.17) is 40.2 Å². The van der Waals surface area contributed by atoms with E-state index < -0.39 is 0 Å². The highest BCUT2D eigenvalue weighted by Gasteiger charge is 2.08. The van der Waals surface area contributed by atoms with Crippen LogP contribution in [-0.2, 0) is 0 Å². The predicted molar refractivity (Wildman–Crippen MR) is 103 cm³/mol. The number of ether oxygens (including phenoxy) is 1. The second-order valence-electron chi connectivity index (χ2n) is 5.04. The molecule has 0 radical (unpaired) electrons. The molecule has 0 saturated heterocycles. The molecule has 8 heteroatoms. The Bertz CT molecular complexity index is 964. The maximum atomic E-state index is 6.02. The summed E-state index contributed by atoms with van der Waals surface area (Å²) >= 11 is 17.2. The number of aromatic nitrogens is 3. The topological polar surface area (TPSA) is 55.2 Å². The molecule has 3 rings (SSSR count). The number of nitrogens with one attached hydrogen (secondary N) is 1. The summed E-state index contributed by atoms with van der Waals surface area (Å²) in [6.45, 7) is 2.56. The molecule has 0 saturated carbocycles. The van der Waals surface area contributed by atoms with Gasteiger partial charge in [-0.25, -0.2) is 5.10 Å². The van der Waals surface area contributed by atoms with Crippen LogP contribution in [0.5, 0.6) is 5.75 Å². The van der Waals surface area contributed by atoms with Gasteiger partial charge in [-0.15, -0.1) is 0 Å². The largest absolute Gasteiger partial charge is 0.494 e. The summed E-state index contributed by atoms with van der Waals surface area (Å²) in [6, 6.07) is 12.8. The van der Waals surface area contributed by atoms with Gasteiger partial charge in [0.05, 0.1) is 22.9 Å². The third-order valence-corrected chi connectivity index (χ3v) is 4.34. The second kappa shape index (κ2) is 7.82. The summed E-state index contributed by atoms with van der Waals surface area (Å²) in [6.07, 6.45) is 1.64. The number of H-pyrrole nitrogens is 1. The van der Waals surface area contributed by atoms with E-state index in [1.807, 2.05) is 37.3 Å². The molecule has 1 aromatic heterocycles. The zero-order chi connectivity index (χ0) is 17.8. The standard InChI is InChI=1S/C17H14Cl2N4OS/c1-2-24-13-6-4-12(5-7-13)16-21-22-17(25)23(16)20-10-11-3-8-14(18)15(19)9-11/h3-10H,2H2,1H3,(H,22,25). The van der Waals surface area contributed by atoms with E-state index in [1.54, 1.807) is 23.0 Å². The molecular formula is C17H14Cl2N4OS. The Labute approximate surface area is 159 Å². The molecule has 0 atom stereocenters. The van der Waals surface area contributed by atoms with Crippen molar-refractivity contribution in [3.63, 3.8) is 0 Å². The molecule has 0 fully saturated rings. The van der Waals surface area contributed by atoms with E-state index >= 15 is 0 Å². The van der Waals surface area contributed by atoms with Crippen LogP contribution in [0.25, 0.3) is 11.4 Å². The molecule has 0 bridgehead atoms. The number of benzene rings is 2. The van der Waals surface area contributed by atoms with Crippen molar-refractivity contribution in [2.45, 2.75) is 6.92 Å². The SMILES string of the molecule is CCOc1ccc(-c2n[nH]c(=S)n2N=Cc2ccc(Cl)c(Cl)c2)cc1. The third kappa shape index (κ3) is 4.10. The Kier molecular flexibility index (Phi) is 5.53. The monoisotopic (exact) mass is 392 g/mol. The summed E-state index contributed by atoms with van der Waals surface area (Å²) in [5, 5.41) is 12.4. The van der Waals surface area contributed by atoms with Crippen molar-refractivity contribution in [2.75, 3.05) is 6.61 Å². The number of hydrogen-bond donors (Lipinski definition) is 1. The highest BCUT2D eigenvalue weighted by Crippen LogP contribution is 2.23. The van der Waals surface area contributed by atoms with E-state index in [-0.39, 0.29) is 0 Å². The van der Waals surface area contributed by atoms with Crippen LogP contribution in [0.1, 0.15) is 12.5 Å². The van der Waals surface area contributed by atoms with Crippen molar-refractivity contribution < 1.29 is 4.74 Å². The molecule has 0 aliphatic rings. The molecule has 0 spiro atoms. The van der Waals surface area contributed by atoms with Crippen LogP contribution < -0.4 is 4.74 Å². The van der Waals surface area contributed by atoms with E-state index in [2.05, 4.69) is 15.3 Å². The van der Waals surface area contributed by atoms with Crippen LogP contribution in [0, 0.1) is 4.77 Å². The van der Waals surface area contributed by atoms with Gasteiger partial charge < -0.3 is 4.74 Å². The maximum Gasteiger partial charge on any atom is 0.216 e. The van der Waals surface area contributed by atoms with Gasteiger partial charge in [0.25, 0.3) is 0 Å². The Balaban J connectivity index is 1.92. The van der Waals surface area contributed by atoms with Gasteiger partial charge in [0, 0.05) is 5.56 Å². The number of halogens is 2. The van der Waals surface area contributed by atoms with Gasteiger partial charge in [-0.2, -0.15) is 14.9 Å². The van der Waals surface area contributed by atoms with Crippen molar-refractivity contribution in [2.24, 2.45) is 5.10 Å². The first-order valence-corrected chi connectivity index (χ1v) is 8.65. The Morgan fingerprint density at radius 1 is 1.20 bits per heavy atom. The van der Waals surface area contributed by atoms with Gasteiger partial charge in [-0.3, -0.25) is 0 Å². The third-order valence-electron chi connectivity index (χ3n) is 3.34. The van der Waals surface area contributed by atoms with Crippen LogP contribution in [0.3, 0.4) is 0 Å². The van der Waals surface area contributed by atoms with Gasteiger partial charge in [0.1, 0.15) is 5.75 Å². The predicted octanol–water partition coefficient (Wildman–Crippen LogP) is 5.20. The van der Waals surface area contributed by atoms with Gasteiger partial charge in [0.2, 0.25) is 4.77 Å². The fourth-order valence-corrected chi connectivity index (χ4v) is 2.66. The van der Waals surface area contributed by atoms with Crippen LogP contribution in [0.15, 0.2) is 47.6 Å². The molecule has 0 aliphatic carbocycles. The smallest absolute Gasteiger partial charge is 0.216 e. The first kappa shape index (κ1) is 17.7. The number of rotatable bonds is 5. The Morgan fingerprint density at radius 3 is 2.64 bits per heavy atom. The van der Waals surface area contributed by atoms with Crippen molar-refractivity contribution in [1.29, 1.82) is 0 Å². The Hall–Kier alpha value is -2.15. The number of hydrogen-bond acceptors (Lipinski definition) is 4. The highest BCUT2D eigenvalue weighted by molar-refractivity contribution is 7.71. The molecule has 1 heterocycles. The van der Waals surface area contributed by atoms with Crippen LogP contribution >= 0.6 is 35.4 Å². The molecule has 2 aromatic carbocycles. The first-order valence-electron chi connectivity index (χ1n) is 7.48. The van der Waals surface area contributed by atoms with E-state index in [9.17, 15) is 0 Å². The minimum atomic E-state index is 0.389. The summed E-state index contributed by atoms with van der Waals surface area (Å²) in [7, 11) is 0. The van der Waals surface area contributed by atoms with Gasteiger partial charge >= 0.3 is 0 Å². The minimum Gasteiger partial charge on any atom is -0.494 e. The molecule has 3 aromatic rings. The summed E-state index contributed by atoms with van der Waals surface area (Å²) < 4.78 is 7.39. The molecule has 25 heavy (non-hydrogen) atoms. The lowest BCUT2D eigenvalue weighted by Gasteiger charge is -2.04. The highest BCUT2D eigenvalue weighted by atomic mass is 35.5. The van der Waals surface area contributed by atoms with Crippen molar-refractivity contribution in [3.05, 3.63) is 62.8 Å². The van der Waals surface area contributed by atoms with Crippen LogP contribution in [-0.4, -0.2) is 27.7 Å².